The van der Waals surface area contributed by atoms with Crippen LogP contribution in [0.2, 0.25) is 0 Å². The minimum Gasteiger partial charge on any atom is -0.306 e. The van der Waals surface area contributed by atoms with Gasteiger partial charge in [0.2, 0.25) is 0 Å². The van der Waals surface area contributed by atoms with Crippen LogP contribution in [0.15, 0.2) is 34.8 Å². The second-order valence-electron chi connectivity index (χ2n) is 4.60. The highest BCUT2D eigenvalue weighted by molar-refractivity contribution is 9.10. The molecule has 96 valence electrons. The van der Waals surface area contributed by atoms with Crippen LogP contribution in [0.1, 0.15) is 33.8 Å². The Morgan fingerprint density at radius 1 is 1.28 bits per heavy atom. The Bertz CT molecular complexity index is 533. The van der Waals surface area contributed by atoms with E-state index in [0.29, 0.717) is 6.04 Å². The molecule has 0 fully saturated rings. The number of aryl methyl sites for hydroxylation is 2. The summed E-state index contributed by atoms with van der Waals surface area (Å²) in [6, 6.07) is 11.1. The van der Waals surface area contributed by atoms with Gasteiger partial charge in [0.15, 0.2) is 0 Å². The van der Waals surface area contributed by atoms with Crippen LogP contribution in [-0.4, -0.2) is 0 Å². The average Bonchev–Trinajstić information content (AvgIpc) is 2.65. The van der Waals surface area contributed by atoms with E-state index >= 15 is 0 Å². The molecule has 0 amide bonds. The lowest BCUT2D eigenvalue weighted by molar-refractivity contribution is 0.574. The van der Waals surface area contributed by atoms with Gasteiger partial charge in [-0.15, -0.1) is 11.3 Å². The van der Waals surface area contributed by atoms with Crippen LogP contribution < -0.4 is 5.32 Å². The van der Waals surface area contributed by atoms with Gasteiger partial charge in [-0.3, -0.25) is 0 Å². The van der Waals surface area contributed by atoms with Gasteiger partial charge in [0.05, 0.1) is 0 Å². The number of halogens is 1. The molecule has 1 atom stereocenters. The first kappa shape index (κ1) is 13.8. The van der Waals surface area contributed by atoms with Gasteiger partial charge in [-0.1, -0.05) is 28.1 Å². The Kier molecular flexibility index (Phi) is 4.60. The zero-order valence-electron chi connectivity index (χ0n) is 11.0. The van der Waals surface area contributed by atoms with Crippen molar-refractivity contribution in [2.45, 2.75) is 33.4 Å². The molecule has 0 saturated carbocycles. The molecule has 2 rings (SSSR count). The lowest BCUT2D eigenvalue weighted by Crippen LogP contribution is -2.18. The summed E-state index contributed by atoms with van der Waals surface area (Å²) < 4.78 is 1.14. The van der Waals surface area contributed by atoms with Crippen LogP contribution in [0.25, 0.3) is 0 Å². The van der Waals surface area contributed by atoms with Gasteiger partial charge < -0.3 is 5.32 Å². The van der Waals surface area contributed by atoms with E-state index in [9.17, 15) is 0 Å². The van der Waals surface area contributed by atoms with Crippen molar-refractivity contribution >= 4 is 27.3 Å². The molecule has 1 aromatic carbocycles. The van der Waals surface area contributed by atoms with Crippen LogP contribution in [-0.2, 0) is 6.54 Å². The summed E-state index contributed by atoms with van der Waals surface area (Å²) in [6.07, 6.45) is 0. The Morgan fingerprint density at radius 3 is 2.67 bits per heavy atom. The molecule has 2 aromatic rings. The van der Waals surface area contributed by atoms with Crippen molar-refractivity contribution < 1.29 is 0 Å². The number of thiophene rings is 1. The summed E-state index contributed by atoms with van der Waals surface area (Å²) >= 11 is 5.39. The average molecular weight is 324 g/mol. The lowest BCUT2D eigenvalue weighted by atomic mass is 10.1. The van der Waals surface area contributed by atoms with E-state index in [1.807, 2.05) is 11.3 Å². The summed E-state index contributed by atoms with van der Waals surface area (Å²) in [6.45, 7) is 7.50. The van der Waals surface area contributed by atoms with Crippen LogP contribution in [0.5, 0.6) is 0 Å². The highest BCUT2D eigenvalue weighted by Crippen LogP contribution is 2.22. The maximum atomic E-state index is 3.58. The van der Waals surface area contributed by atoms with E-state index in [1.54, 1.807) is 0 Å². The van der Waals surface area contributed by atoms with Gasteiger partial charge in [-0.25, -0.2) is 0 Å². The number of nitrogens with one attached hydrogen (secondary N) is 1. The quantitative estimate of drug-likeness (QED) is 0.836. The SMILES string of the molecule is Cc1cc(CNC(C)c2cccc(Br)c2)c(C)s1. The number of rotatable bonds is 4. The predicted molar refractivity (Wildman–Crippen MR) is 83.2 cm³/mol. The molecule has 0 radical (unpaired) electrons. The third-order valence-electron chi connectivity index (χ3n) is 3.09. The number of hydrogen-bond acceptors (Lipinski definition) is 2. The van der Waals surface area contributed by atoms with Crippen molar-refractivity contribution in [1.29, 1.82) is 0 Å². The summed E-state index contributed by atoms with van der Waals surface area (Å²) in [5.74, 6) is 0. The fourth-order valence-electron chi connectivity index (χ4n) is 2.02. The minimum absolute atomic E-state index is 0.363. The Balaban J connectivity index is 2.00. The van der Waals surface area contributed by atoms with Crippen molar-refractivity contribution in [2.75, 3.05) is 0 Å². The molecular weight excluding hydrogens is 306 g/mol. The third kappa shape index (κ3) is 3.44. The van der Waals surface area contributed by atoms with E-state index in [2.05, 4.69) is 72.3 Å². The third-order valence-corrected chi connectivity index (χ3v) is 4.59. The van der Waals surface area contributed by atoms with E-state index in [4.69, 9.17) is 0 Å². The van der Waals surface area contributed by atoms with Gasteiger partial charge in [-0.05, 0) is 50.1 Å². The molecule has 1 heterocycles. The normalized spacial score (nSPS) is 12.7. The molecule has 0 aliphatic carbocycles. The molecule has 18 heavy (non-hydrogen) atoms. The molecule has 1 N–H and O–H groups in total. The highest BCUT2D eigenvalue weighted by Gasteiger charge is 2.07. The Labute approximate surface area is 121 Å². The van der Waals surface area contributed by atoms with Crippen LogP contribution in [0, 0.1) is 13.8 Å². The van der Waals surface area contributed by atoms with Crippen molar-refractivity contribution in [3.8, 4) is 0 Å². The minimum atomic E-state index is 0.363. The Hall–Kier alpha value is -0.640. The molecule has 1 nitrogen and oxygen atoms in total. The van der Waals surface area contributed by atoms with Crippen molar-refractivity contribution in [3.63, 3.8) is 0 Å². The van der Waals surface area contributed by atoms with Crippen LogP contribution in [0.4, 0.5) is 0 Å². The second-order valence-corrected chi connectivity index (χ2v) is 6.97. The van der Waals surface area contributed by atoms with E-state index < -0.39 is 0 Å². The standard InChI is InChI=1S/C15H18BrNS/c1-10-7-14(12(3)18-10)9-17-11(2)13-5-4-6-15(16)8-13/h4-8,11,17H,9H2,1-3H3. The van der Waals surface area contributed by atoms with Gasteiger partial charge in [0.1, 0.15) is 0 Å². The molecule has 0 bridgehead atoms. The first-order valence-corrected chi connectivity index (χ1v) is 7.72. The summed E-state index contributed by atoms with van der Waals surface area (Å²) in [5, 5.41) is 3.58. The molecule has 1 unspecified atom stereocenters. The smallest absolute Gasteiger partial charge is 0.0295 e. The molecule has 0 spiro atoms. The van der Waals surface area contributed by atoms with E-state index in [1.165, 1.54) is 20.9 Å². The molecule has 0 saturated heterocycles. The second kappa shape index (κ2) is 6.00. The lowest BCUT2D eigenvalue weighted by Gasteiger charge is -2.14. The van der Waals surface area contributed by atoms with Crippen LogP contribution >= 0.6 is 27.3 Å². The zero-order chi connectivity index (χ0) is 13.1. The van der Waals surface area contributed by atoms with Gasteiger partial charge in [-0.2, -0.15) is 0 Å². The molecule has 3 heteroatoms. The van der Waals surface area contributed by atoms with Crippen molar-refractivity contribution in [1.82, 2.24) is 5.32 Å². The van der Waals surface area contributed by atoms with Crippen LogP contribution in [0.3, 0.4) is 0 Å². The van der Waals surface area contributed by atoms with E-state index in [0.717, 1.165) is 11.0 Å². The number of benzene rings is 1. The molecule has 1 aromatic heterocycles. The first-order valence-electron chi connectivity index (χ1n) is 6.11. The molecule has 0 aliphatic rings. The zero-order valence-corrected chi connectivity index (χ0v) is 13.4. The first-order chi connectivity index (χ1) is 8.56. The predicted octanol–water partition coefficient (Wildman–Crippen LogP) is 4.98. The van der Waals surface area contributed by atoms with E-state index in [-0.39, 0.29) is 0 Å². The van der Waals surface area contributed by atoms with Crippen molar-refractivity contribution in [3.05, 3.63) is 55.7 Å². The Morgan fingerprint density at radius 2 is 2.06 bits per heavy atom. The van der Waals surface area contributed by atoms with Gasteiger partial charge in [0, 0.05) is 26.8 Å². The molecular formula is C15H18BrNS. The highest BCUT2D eigenvalue weighted by atomic mass is 79.9. The number of hydrogen-bond donors (Lipinski definition) is 1. The summed E-state index contributed by atoms with van der Waals surface area (Å²) in [5.41, 5.74) is 2.73. The summed E-state index contributed by atoms with van der Waals surface area (Å²) in [7, 11) is 0. The van der Waals surface area contributed by atoms with Gasteiger partial charge in [0.25, 0.3) is 0 Å². The largest absolute Gasteiger partial charge is 0.306 e. The molecule has 0 aliphatic heterocycles. The fraction of sp³-hybridized carbons (Fsp3) is 0.333. The monoisotopic (exact) mass is 323 g/mol. The topological polar surface area (TPSA) is 12.0 Å². The van der Waals surface area contributed by atoms with Crippen molar-refractivity contribution in [2.24, 2.45) is 0 Å². The fourth-order valence-corrected chi connectivity index (χ4v) is 3.38. The maximum absolute atomic E-state index is 3.58. The maximum Gasteiger partial charge on any atom is 0.0295 e. The van der Waals surface area contributed by atoms with Gasteiger partial charge >= 0.3 is 0 Å². The summed E-state index contributed by atoms with van der Waals surface area (Å²) in [4.78, 5) is 2.81.